The zero-order chi connectivity index (χ0) is 13.1. The molecule has 4 saturated heterocycles. The van der Waals surface area contributed by atoms with Crippen molar-refractivity contribution in [3.8, 4) is 0 Å². The number of rotatable bonds is 3. The predicted octanol–water partition coefficient (Wildman–Crippen LogP) is 2.07. The van der Waals surface area contributed by atoms with Crippen molar-refractivity contribution in [1.82, 2.24) is 4.90 Å². The fraction of sp³-hybridized carbons (Fsp3) is 0.933. The number of amides is 1. The molecular weight excluding hydrogens is 242 g/mol. The van der Waals surface area contributed by atoms with E-state index in [1.807, 2.05) is 0 Å². The van der Waals surface area contributed by atoms with E-state index in [1.165, 1.54) is 12.8 Å². The highest BCUT2D eigenvalue weighted by molar-refractivity contribution is 5.82. The van der Waals surface area contributed by atoms with Crippen molar-refractivity contribution in [1.29, 1.82) is 0 Å². The Kier molecular flexibility index (Phi) is 2.53. The molecule has 0 N–H and O–H groups in total. The zero-order valence-electron chi connectivity index (χ0n) is 11.7. The first kappa shape index (κ1) is 12.2. The van der Waals surface area contributed by atoms with Crippen LogP contribution in [0.4, 0.5) is 0 Å². The molecule has 4 aliphatic rings. The monoisotopic (exact) mass is 265 g/mol. The van der Waals surface area contributed by atoms with Crippen LogP contribution in [-0.4, -0.2) is 41.4 Å². The summed E-state index contributed by atoms with van der Waals surface area (Å²) in [5, 5.41) is 0. The Bertz CT molecular complexity index is 404. The van der Waals surface area contributed by atoms with Crippen molar-refractivity contribution in [2.24, 2.45) is 5.92 Å². The quantitative estimate of drug-likeness (QED) is 0.784. The number of ether oxygens (including phenoxy) is 2. The van der Waals surface area contributed by atoms with E-state index in [0.717, 1.165) is 25.7 Å². The van der Waals surface area contributed by atoms with Gasteiger partial charge in [0.2, 0.25) is 5.91 Å². The third-order valence-electron chi connectivity index (χ3n) is 5.84. The second-order valence-electron chi connectivity index (χ2n) is 6.63. The molecule has 0 aromatic rings. The highest BCUT2D eigenvalue weighted by atomic mass is 16.7. The van der Waals surface area contributed by atoms with Crippen molar-refractivity contribution < 1.29 is 14.3 Å². The molecule has 4 nitrogen and oxygen atoms in total. The van der Waals surface area contributed by atoms with Crippen molar-refractivity contribution in [2.75, 3.05) is 13.2 Å². The molecule has 1 spiro atoms. The van der Waals surface area contributed by atoms with Gasteiger partial charge in [0.05, 0.1) is 18.8 Å². The van der Waals surface area contributed by atoms with Crippen LogP contribution >= 0.6 is 0 Å². The Balaban J connectivity index is 1.75. The number of hydrogen-bond donors (Lipinski definition) is 0. The summed E-state index contributed by atoms with van der Waals surface area (Å²) in [4.78, 5) is 14.7. The van der Waals surface area contributed by atoms with Gasteiger partial charge in [-0.2, -0.15) is 0 Å². The Morgan fingerprint density at radius 2 is 2.16 bits per heavy atom. The van der Waals surface area contributed by atoms with Crippen LogP contribution in [0.3, 0.4) is 0 Å². The minimum Gasteiger partial charge on any atom is -0.347 e. The molecule has 3 atom stereocenters. The van der Waals surface area contributed by atoms with Crippen LogP contribution in [0, 0.1) is 5.92 Å². The summed E-state index contributed by atoms with van der Waals surface area (Å²) in [7, 11) is 0. The number of hydrogen-bond acceptors (Lipinski definition) is 3. The maximum Gasteiger partial charge on any atom is 0.223 e. The maximum absolute atomic E-state index is 12.4. The Labute approximate surface area is 114 Å². The lowest BCUT2D eigenvalue weighted by atomic mass is 9.73. The van der Waals surface area contributed by atoms with Gasteiger partial charge >= 0.3 is 0 Å². The van der Waals surface area contributed by atoms with Gasteiger partial charge < -0.3 is 14.4 Å². The summed E-state index contributed by atoms with van der Waals surface area (Å²) in [6, 6.07) is 0.362. The van der Waals surface area contributed by atoms with Gasteiger partial charge in [0.1, 0.15) is 0 Å². The Morgan fingerprint density at radius 3 is 2.89 bits per heavy atom. The van der Waals surface area contributed by atoms with E-state index in [4.69, 9.17) is 9.47 Å². The molecule has 4 bridgehead atoms. The van der Waals surface area contributed by atoms with Crippen LogP contribution < -0.4 is 0 Å². The van der Waals surface area contributed by atoms with E-state index in [0.29, 0.717) is 31.6 Å². The van der Waals surface area contributed by atoms with Crippen molar-refractivity contribution in [2.45, 2.75) is 69.2 Å². The second kappa shape index (κ2) is 3.95. The maximum atomic E-state index is 12.4. The summed E-state index contributed by atoms with van der Waals surface area (Å²) < 4.78 is 12.1. The van der Waals surface area contributed by atoms with Crippen molar-refractivity contribution >= 4 is 5.91 Å². The Hall–Kier alpha value is -0.610. The van der Waals surface area contributed by atoms with Gasteiger partial charge in [-0.1, -0.05) is 19.8 Å². The highest BCUT2D eigenvalue weighted by Crippen LogP contribution is 2.61. The van der Waals surface area contributed by atoms with Crippen molar-refractivity contribution in [3.63, 3.8) is 0 Å². The average Bonchev–Trinajstić information content (AvgIpc) is 3.01. The number of carbonyl (C=O) groups is 1. The lowest BCUT2D eigenvalue weighted by molar-refractivity contribution is -0.237. The molecule has 4 aliphatic heterocycles. The number of carbonyl (C=O) groups excluding carboxylic acids is 1. The summed E-state index contributed by atoms with van der Waals surface area (Å²) in [5.41, 5.74) is 0.0559. The molecule has 4 heteroatoms. The van der Waals surface area contributed by atoms with Crippen LogP contribution in [0.2, 0.25) is 0 Å². The first-order valence-corrected chi connectivity index (χ1v) is 7.82. The summed E-state index contributed by atoms with van der Waals surface area (Å²) in [6.07, 6.45) is 7.35. The first-order valence-electron chi connectivity index (χ1n) is 7.82. The van der Waals surface area contributed by atoms with Gasteiger partial charge in [-0.15, -0.1) is 0 Å². The van der Waals surface area contributed by atoms with E-state index in [9.17, 15) is 4.79 Å². The molecule has 0 aromatic heterocycles. The first-order chi connectivity index (χ1) is 9.22. The smallest absolute Gasteiger partial charge is 0.223 e. The van der Waals surface area contributed by atoms with Gasteiger partial charge in [0.25, 0.3) is 0 Å². The van der Waals surface area contributed by atoms with Crippen molar-refractivity contribution in [3.05, 3.63) is 0 Å². The molecule has 0 aromatic carbocycles. The molecule has 1 amide bonds. The van der Waals surface area contributed by atoms with E-state index < -0.39 is 5.79 Å². The third-order valence-corrected chi connectivity index (χ3v) is 5.84. The lowest BCUT2D eigenvalue weighted by Crippen LogP contribution is -2.60. The molecule has 4 fully saturated rings. The third kappa shape index (κ3) is 1.39. The SMILES string of the molecule is CCCC[C@@]12CC[C@H]3CC4(OCCO4)[C@@H]1CC(=O)N32. The average molecular weight is 265 g/mol. The van der Waals surface area contributed by atoms with Crippen LogP contribution in [0.25, 0.3) is 0 Å². The topological polar surface area (TPSA) is 38.8 Å². The van der Waals surface area contributed by atoms with Gasteiger partial charge in [-0.3, -0.25) is 4.79 Å². The lowest BCUT2D eigenvalue weighted by Gasteiger charge is -2.50. The van der Waals surface area contributed by atoms with E-state index >= 15 is 0 Å². The number of fused-ring (bicyclic) bond motifs is 1. The van der Waals surface area contributed by atoms with E-state index in [2.05, 4.69) is 11.8 Å². The molecule has 4 heterocycles. The van der Waals surface area contributed by atoms with E-state index in [1.54, 1.807) is 0 Å². The van der Waals surface area contributed by atoms with Gasteiger partial charge in [0, 0.05) is 24.8 Å². The Morgan fingerprint density at radius 1 is 1.37 bits per heavy atom. The van der Waals surface area contributed by atoms with Crippen LogP contribution in [0.5, 0.6) is 0 Å². The second-order valence-corrected chi connectivity index (χ2v) is 6.63. The van der Waals surface area contributed by atoms with Crippen LogP contribution in [0.1, 0.15) is 51.9 Å². The predicted molar refractivity (Wildman–Crippen MR) is 69.5 cm³/mol. The largest absolute Gasteiger partial charge is 0.347 e. The normalized spacial score (nSPS) is 42.6. The standard InChI is InChI=1S/C15H23NO3/c1-2-3-5-14-6-4-11-10-15(18-7-8-19-15)12(14)9-13(17)16(11)14/h11-12H,2-10H2,1H3/t11-,12+,14+/m0/s1. The highest BCUT2D eigenvalue weighted by Gasteiger charge is 2.70. The molecule has 106 valence electrons. The van der Waals surface area contributed by atoms with Crippen LogP contribution in [0.15, 0.2) is 0 Å². The minimum atomic E-state index is -0.433. The zero-order valence-corrected chi connectivity index (χ0v) is 11.7. The number of unbranched alkanes of at least 4 members (excludes halogenated alkanes) is 1. The molecule has 0 saturated carbocycles. The van der Waals surface area contributed by atoms with Gasteiger partial charge in [0.15, 0.2) is 5.79 Å². The van der Waals surface area contributed by atoms with Crippen LogP contribution in [-0.2, 0) is 14.3 Å². The number of piperidine rings is 1. The molecule has 4 rings (SSSR count). The molecule has 0 radical (unpaired) electrons. The molecular formula is C15H23NO3. The minimum absolute atomic E-state index is 0.0559. The fourth-order valence-electron chi connectivity index (χ4n) is 5.21. The molecule has 19 heavy (non-hydrogen) atoms. The number of nitrogens with zero attached hydrogens (tertiary/aromatic N) is 1. The summed E-state index contributed by atoms with van der Waals surface area (Å²) >= 11 is 0. The molecule has 0 unspecified atom stereocenters. The van der Waals surface area contributed by atoms with Gasteiger partial charge in [-0.05, 0) is 19.3 Å². The van der Waals surface area contributed by atoms with E-state index in [-0.39, 0.29) is 11.5 Å². The van der Waals surface area contributed by atoms with Gasteiger partial charge in [-0.25, -0.2) is 0 Å². The fourth-order valence-corrected chi connectivity index (χ4v) is 5.21. The molecule has 0 aliphatic carbocycles. The summed E-state index contributed by atoms with van der Waals surface area (Å²) in [6.45, 7) is 3.62. The summed E-state index contributed by atoms with van der Waals surface area (Å²) in [5.74, 6) is 0.178.